The number of ether oxygens (including phenoxy) is 1. The number of hydrogen-bond acceptors (Lipinski definition) is 7. The van der Waals surface area contributed by atoms with Gasteiger partial charge in [-0.1, -0.05) is 0 Å². The Bertz CT molecular complexity index is 1050. The minimum atomic E-state index is -1.19. The van der Waals surface area contributed by atoms with Gasteiger partial charge in [-0.25, -0.2) is 19.8 Å². The molecule has 2 heterocycles. The zero-order valence-electron chi connectivity index (χ0n) is 15.6. The van der Waals surface area contributed by atoms with E-state index in [0.717, 1.165) is 0 Å². The molecule has 0 bridgehead atoms. The van der Waals surface area contributed by atoms with Crippen molar-refractivity contribution in [2.75, 3.05) is 13.4 Å². The van der Waals surface area contributed by atoms with E-state index in [2.05, 4.69) is 20.4 Å². The van der Waals surface area contributed by atoms with Gasteiger partial charge >= 0.3 is 0 Å². The van der Waals surface area contributed by atoms with Crippen LogP contribution >= 0.6 is 0 Å². The smallest absolute Gasteiger partial charge is 0.295 e. The van der Waals surface area contributed by atoms with Crippen LogP contribution in [0.2, 0.25) is 0 Å². The molecule has 3 rings (SSSR count). The van der Waals surface area contributed by atoms with Gasteiger partial charge in [-0.05, 0) is 30.3 Å². The minimum Gasteiger partial charge on any atom is -0.497 e. The van der Waals surface area contributed by atoms with Crippen LogP contribution in [0.4, 0.5) is 4.39 Å². The predicted molar refractivity (Wildman–Crippen MR) is 103 cm³/mol. The summed E-state index contributed by atoms with van der Waals surface area (Å²) in [6.07, 6.45) is 5.79. The molecule has 29 heavy (non-hydrogen) atoms. The molecular weight excluding hydrogens is 399 g/mol. The second kappa shape index (κ2) is 9.30. The minimum absolute atomic E-state index is 0.0109. The standard InChI is InChI=1S/C19H17FN4O4S/c1-27-14-4-5-15(20)13(7-14)11-28-24-19(25)17-10-21-9-16(23-17)12-3-6-18(22-8-12)29(2)26/h3-10H,11H2,1-2H3,(H,24,25). The molecule has 1 N–H and O–H groups in total. The lowest BCUT2D eigenvalue weighted by Gasteiger charge is -2.08. The number of aromatic nitrogens is 3. The van der Waals surface area contributed by atoms with Crippen molar-refractivity contribution < 1.29 is 23.0 Å². The number of methoxy groups -OCH3 is 1. The predicted octanol–water partition coefficient (Wildman–Crippen LogP) is 2.29. The molecule has 0 saturated heterocycles. The van der Waals surface area contributed by atoms with Crippen molar-refractivity contribution in [2.45, 2.75) is 11.6 Å². The van der Waals surface area contributed by atoms with Crippen LogP contribution in [0.25, 0.3) is 11.3 Å². The average Bonchev–Trinajstić information content (AvgIpc) is 2.75. The normalized spacial score (nSPS) is 11.7. The Hall–Kier alpha value is -3.24. The highest BCUT2D eigenvalue weighted by Crippen LogP contribution is 2.18. The van der Waals surface area contributed by atoms with Gasteiger partial charge in [-0.3, -0.25) is 18.8 Å². The summed E-state index contributed by atoms with van der Waals surface area (Å²) in [7, 11) is 0.277. The first-order valence-corrected chi connectivity index (χ1v) is 9.90. The molecule has 1 aromatic carbocycles. The Kier molecular flexibility index (Phi) is 6.57. The number of amides is 1. The highest BCUT2D eigenvalue weighted by molar-refractivity contribution is 7.84. The maximum Gasteiger partial charge on any atom is 0.295 e. The van der Waals surface area contributed by atoms with Gasteiger partial charge in [0, 0.05) is 23.6 Å². The van der Waals surface area contributed by atoms with Gasteiger partial charge in [-0.2, -0.15) is 0 Å². The number of hydroxylamine groups is 1. The van der Waals surface area contributed by atoms with E-state index in [1.807, 2.05) is 0 Å². The van der Waals surface area contributed by atoms with Crippen molar-refractivity contribution in [1.29, 1.82) is 0 Å². The molecule has 0 radical (unpaired) electrons. The molecule has 0 fully saturated rings. The highest BCUT2D eigenvalue weighted by atomic mass is 32.2. The molecular formula is C19H17FN4O4S. The van der Waals surface area contributed by atoms with Crippen LogP contribution in [0.1, 0.15) is 16.1 Å². The summed E-state index contributed by atoms with van der Waals surface area (Å²) in [5.41, 5.74) is 3.47. The van der Waals surface area contributed by atoms with Crippen molar-refractivity contribution in [2.24, 2.45) is 0 Å². The van der Waals surface area contributed by atoms with E-state index in [4.69, 9.17) is 9.57 Å². The number of rotatable bonds is 7. The number of nitrogens with zero attached hydrogens (tertiary/aromatic N) is 3. The van der Waals surface area contributed by atoms with E-state index in [1.165, 1.54) is 50.2 Å². The second-order valence-electron chi connectivity index (χ2n) is 5.81. The summed E-state index contributed by atoms with van der Waals surface area (Å²) < 4.78 is 30.2. The molecule has 10 heteroatoms. The van der Waals surface area contributed by atoms with E-state index in [0.29, 0.717) is 22.0 Å². The molecule has 0 aliphatic rings. The second-order valence-corrected chi connectivity index (χ2v) is 7.13. The average molecular weight is 416 g/mol. The van der Waals surface area contributed by atoms with Crippen LogP contribution in [0, 0.1) is 5.82 Å². The number of carbonyl (C=O) groups excluding carboxylic acids is 1. The van der Waals surface area contributed by atoms with Gasteiger partial charge in [-0.15, -0.1) is 0 Å². The molecule has 8 nitrogen and oxygen atoms in total. The number of halogens is 1. The van der Waals surface area contributed by atoms with Crippen molar-refractivity contribution in [1.82, 2.24) is 20.4 Å². The molecule has 1 atom stereocenters. The Morgan fingerprint density at radius 1 is 1.21 bits per heavy atom. The number of benzene rings is 1. The number of carbonyl (C=O) groups is 1. The van der Waals surface area contributed by atoms with E-state index in [1.54, 1.807) is 12.1 Å². The summed E-state index contributed by atoms with van der Waals surface area (Å²) in [4.78, 5) is 29.7. The third kappa shape index (κ3) is 5.18. The maximum atomic E-state index is 13.8. The molecule has 1 unspecified atom stereocenters. The zero-order valence-corrected chi connectivity index (χ0v) is 16.4. The fraction of sp³-hybridized carbons (Fsp3) is 0.158. The fourth-order valence-corrected chi connectivity index (χ4v) is 2.80. The van der Waals surface area contributed by atoms with Crippen LogP contribution in [0.15, 0.2) is 53.9 Å². The Morgan fingerprint density at radius 2 is 2.03 bits per heavy atom. The van der Waals surface area contributed by atoms with Crippen molar-refractivity contribution in [3.63, 3.8) is 0 Å². The summed E-state index contributed by atoms with van der Waals surface area (Å²) in [6.45, 7) is -0.193. The van der Waals surface area contributed by atoms with E-state index in [-0.39, 0.29) is 17.9 Å². The molecule has 0 saturated carbocycles. The number of nitrogens with one attached hydrogen (secondary N) is 1. The van der Waals surface area contributed by atoms with Crippen LogP contribution in [-0.2, 0) is 22.2 Å². The molecule has 0 aliphatic heterocycles. The summed E-state index contributed by atoms with van der Waals surface area (Å²) >= 11 is 0. The monoisotopic (exact) mass is 416 g/mol. The number of hydrogen-bond donors (Lipinski definition) is 1. The third-order valence-corrected chi connectivity index (χ3v) is 4.67. The van der Waals surface area contributed by atoms with E-state index < -0.39 is 22.5 Å². The van der Waals surface area contributed by atoms with Crippen LogP contribution < -0.4 is 10.2 Å². The highest BCUT2D eigenvalue weighted by Gasteiger charge is 2.12. The van der Waals surface area contributed by atoms with Crippen molar-refractivity contribution in [3.05, 3.63) is 66.0 Å². The first kappa shape index (κ1) is 20.5. The number of pyridine rings is 1. The van der Waals surface area contributed by atoms with Gasteiger partial charge in [0.25, 0.3) is 5.91 Å². The molecule has 2 aromatic heterocycles. The third-order valence-electron chi connectivity index (χ3n) is 3.84. The van der Waals surface area contributed by atoms with Gasteiger partial charge in [0.15, 0.2) is 0 Å². The Morgan fingerprint density at radius 3 is 2.72 bits per heavy atom. The lowest BCUT2D eigenvalue weighted by atomic mass is 10.2. The van der Waals surface area contributed by atoms with Crippen molar-refractivity contribution >= 4 is 16.7 Å². The molecule has 1 amide bonds. The summed E-state index contributed by atoms with van der Waals surface area (Å²) in [5.74, 6) is -0.644. The SMILES string of the molecule is COc1ccc(F)c(CONC(=O)c2cncc(-c3ccc(S(C)=O)nc3)n2)c1. The molecule has 3 aromatic rings. The van der Waals surface area contributed by atoms with Crippen LogP contribution in [0.3, 0.4) is 0 Å². The first-order valence-electron chi connectivity index (χ1n) is 8.34. The maximum absolute atomic E-state index is 13.8. The largest absolute Gasteiger partial charge is 0.497 e. The lowest BCUT2D eigenvalue weighted by Crippen LogP contribution is -2.25. The topological polar surface area (TPSA) is 103 Å². The fourth-order valence-electron chi connectivity index (χ4n) is 2.34. The van der Waals surface area contributed by atoms with Gasteiger partial charge in [0.1, 0.15) is 28.9 Å². The van der Waals surface area contributed by atoms with Gasteiger partial charge in [0.05, 0.1) is 36.0 Å². The Labute approximate surface area is 168 Å². The lowest BCUT2D eigenvalue weighted by molar-refractivity contribution is 0.0219. The van der Waals surface area contributed by atoms with Crippen molar-refractivity contribution in [3.8, 4) is 17.0 Å². The summed E-state index contributed by atoms with van der Waals surface area (Å²) in [5, 5.41) is 0.439. The van der Waals surface area contributed by atoms with Crippen LogP contribution in [-0.4, -0.2) is 38.4 Å². The van der Waals surface area contributed by atoms with Gasteiger partial charge in [0.2, 0.25) is 0 Å². The van der Waals surface area contributed by atoms with E-state index in [9.17, 15) is 13.4 Å². The zero-order chi connectivity index (χ0) is 20.8. The first-order chi connectivity index (χ1) is 14.0. The van der Waals surface area contributed by atoms with E-state index >= 15 is 0 Å². The summed E-state index contributed by atoms with van der Waals surface area (Å²) in [6, 6.07) is 7.52. The molecule has 0 aliphatic carbocycles. The Balaban J connectivity index is 1.66. The van der Waals surface area contributed by atoms with Gasteiger partial charge < -0.3 is 4.74 Å². The quantitative estimate of drug-likeness (QED) is 0.590. The molecule has 0 spiro atoms. The molecule has 150 valence electrons. The van der Waals surface area contributed by atoms with Crippen LogP contribution in [0.5, 0.6) is 5.75 Å².